The van der Waals surface area contributed by atoms with Gasteiger partial charge in [0.15, 0.2) is 0 Å². The van der Waals surface area contributed by atoms with Gasteiger partial charge < -0.3 is 9.84 Å². The minimum atomic E-state index is -0.269. The highest BCUT2D eigenvalue weighted by atomic mass is 16.5. The lowest BCUT2D eigenvalue weighted by Gasteiger charge is -2.16. The molecule has 0 amide bonds. The van der Waals surface area contributed by atoms with Crippen LogP contribution < -0.4 is 4.74 Å². The highest BCUT2D eigenvalue weighted by Gasteiger charge is 2.12. The fraction of sp³-hybridized carbons (Fsp3) is 0.500. The Bertz CT molecular complexity index is 281. The second-order valence-electron chi connectivity index (χ2n) is 3.73. The summed E-state index contributed by atoms with van der Waals surface area (Å²) >= 11 is 0. The summed E-state index contributed by atoms with van der Waals surface area (Å²) in [6, 6.07) is 7.95. The molecule has 2 nitrogen and oxygen atoms in total. The average molecular weight is 194 g/mol. The molecule has 14 heavy (non-hydrogen) atoms. The van der Waals surface area contributed by atoms with Crippen LogP contribution in [0.4, 0.5) is 0 Å². The van der Waals surface area contributed by atoms with Gasteiger partial charge in [-0.05, 0) is 30.9 Å². The van der Waals surface area contributed by atoms with E-state index in [0.717, 1.165) is 17.7 Å². The van der Waals surface area contributed by atoms with Crippen molar-refractivity contribution < 1.29 is 9.84 Å². The number of aliphatic hydroxyl groups excluding tert-OH is 1. The van der Waals surface area contributed by atoms with Gasteiger partial charge in [0.1, 0.15) is 5.75 Å². The molecule has 2 heteroatoms. The molecule has 0 bridgehead atoms. The summed E-state index contributed by atoms with van der Waals surface area (Å²) in [5, 5.41) is 9.31. The van der Waals surface area contributed by atoms with E-state index in [1.54, 1.807) is 7.11 Å². The molecule has 2 atom stereocenters. The van der Waals surface area contributed by atoms with Crippen molar-refractivity contribution in [2.75, 3.05) is 7.11 Å². The van der Waals surface area contributed by atoms with Gasteiger partial charge in [-0.1, -0.05) is 25.1 Å². The molecule has 0 aliphatic heterocycles. The maximum Gasteiger partial charge on any atom is 0.122 e. The highest BCUT2D eigenvalue weighted by molar-refractivity contribution is 5.35. The van der Waals surface area contributed by atoms with Gasteiger partial charge in [-0.15, -0.1) is 0 Å². The molecule has 0 aliphatic carbocycles. The number of rotatable bonds is 4. The molecule has 78 valence electrons. The van der Waals surface area contributed by atoms with Gasteiger partial charge in [0, 0.05) is 0 Å². The SMILES string of the molecule is COc1ccccc1C(C)CC(C)O. The summed E-state index contributed by atoms with van der Waals surface area (Å²) in [6.45, 7) is 3.91. The van der Waals surface area contributed by atoms with Crippen LogP contribution in [0.5, 0.6) is 5.75 Å². The van der Waals surface area contributed by atoms with Crippen molar-refractivity contribution in [3.05, 3.63) is 29.8 Å². The van der Waals surface area contributed by atoms with Crippen molar-refractivity contribution in [3.63, 3.8) is 0 Å². The van der Waals surface area contributed by atoms with E-state index in [4.69, 9.17) is 4.74 Å². The Labute approximate surface area is 85.5 Å². The van der Waals surface area contributed by atoms with Gasteiger partial charge >= 0.3 is 0 Å². The number of hydrogen-bond acceptors (Lipinski definition) is 2. The van der Waals surface area contributed by atoms with E-state index in [1.165, 1.54) is 0 Å². The van der Waals surface area contributed by atoms with Crippen LogP contribution in [0.25, 0.3) is 0 Å². The van der Waals surface area contributed by atoms with Crippen LogP contribution in [0.15, 0.2) is 24.3 Å². The third-order valence-electron chi connectivity index (χ3n) is 2.36. The Balaban J connectivity index is 2.82. The molecule has 2 unspecified atom stereocenters. The van der Waals surface area contributed by atoms with Crippen molar-refractivity contribution in [3.8, 4) is 5.75 Å². The number of methoxy groups -OCH3 is 1. The highest BCUT2D eigenvalue weighted by Crippen LogP contribution is 2.28. The van der Waals surface area contributed by atoms with Crippen LogP contribution in [0, 0.1) is 0 Å². The standard InChI is InChI=1S/C12H18O2/c1-9(8-10(2)13)11-6-4-5-7-12(11)14-3/h4-7,9-10,13H,8H2,1-3H3. The molecule has 0 aliphatic rings. The van der Waals surface area contributed by atoms with E-state index >= 15 is 0 Å². The van der Waals surface area contributed by atoms with E-state index in [-0.39, 0.29) is 6.10 Å². The Morgan fingerprint density at radius 2 is 1.93 bits per heavy atom. The molecule has 0 saturated heterocycles. The first kappa shape index (κ1) is 11.1. The molecule has 1 N–H and O–H groups in total. The fourth-order valence-corrected chi connectivity index (χ4v) is 1.71. The quantitative estimate of drug-likeness (QED) is 0.798. The number of hydrogen-bond donors (Lipinski definition) is 1. The maximum absolute atomic E-state index is 9.31. The van der Waals surface area contributed by atoms with Gasteiger partial charge in [0.2, 0.25) is 0 Å². The van der Waals surface area contributed by atoms with E-state index in [0.29, 0.717) is 5.92 Å². The molecule has 0 saturated carbocycles. The zero-order chi connectivity index (χ0) is 10.6. The molecule has 0 heterocycles. The molecule has 1 aromatic carbocycles. The number of para-hydroxylation sites is 1. The largest absolute Gasteiger partial charge is 0.496 e. The fourth-order valence-electron chi connectivity index (χ4n) is 1.71. The Morgan fingerprint density at radius 3 is 2.50 bits per heavy atom. The minimum Gasteiger partial charge on any atom is -0.496 e. The smallest absolute Gasteiger partial charge is 0.122 e. The second-order valence-corrected chi connectivity index (χ2v) is 3.73. The summed E-state index contributed by atoms with van der Waals surface area (Å²) in [5.41, 5.74) is 1.16. The van der Waals surface area contributed by atoms with Crippen LogP contribution in [-0.2, 0) is 0 Å². The lowest BCUT2D eigenvalue weighted by atomic mass is 9.95. The minimum absolute atomic E-state index is 0.269. The summed E-state index contributed by atoms with van der Waals surface area (Å²) in [4.78, 5) is 0. The second kappa shape index (κ2) is 5.01. The van der Waals surface area contributed by atoms with Crippen LogP contribution >= 0.6 is 0 Å². The van der Waals surface area contributed by atoms with Crippen LogP contribution in [0.1, 0.15) is 31.7 Å². The van der Waals surface area contributed by atoms with Gasteiger partial charge in [0.05, 0.1) is 13.2 Å². The predicted molar refractivity (Wildman–Crippen MR) is 57.7 cm³/mol. The van der Waals surface area contributed by atoms with Gasteiger partial charge in [-0.2, -0.15) is 0 Å². The molecule has 0 fully saturated rings. The third kappa shape index (κ3) is 2.74. The predicted octanol–water partition coefficient (Wildman–Crippen LogP) is 2.57. The molecule has 1 rings (SSSR count). The van der Waals surface area contributed by atoms with Crippen molar-refractivity contribution in [1.82, 2.24) is 0 Å². The number of ether oxygens (including phenoxy) is 1. The molecule has 0 aromatic heterocycles. The number of benzene rings is 1. The van der Waals surface area contributed by atoms with E-state index < -0.39 is 0 Å². The van der Waals surface area contributed by atoms with Crippen molar-refractivity contribution in [1.29, 1.82) is 0 Å². The van der Waals surface area contributed by atoms with Crippen LogP contribution in [0.2, 0.25) is 0 Å². The molecule has 1 aromatic rings. The first-order chi connectivity index (χ1) is 6.65. The molecular formula is C12H18O2. The van der Waals surface area contributed by atoms with Gasteiger partial charge in [0.25, 0.3) is 0 Å². The van der Waals surface area contributed by atoms with Crippen molar-refractivity contribution in [2.24, 2.45) is 0 Å². The third-order valence-corrected chi connectivity index (χ3v) is 2.36. The zero-order valence-electron chi connectivity index (χ0n) is 9.03. The lowest BCUT2D eigenvalue weighted by molar-refractivity contribution is 0.176. The van der Waals surface area contributed by atoms with Gasteiger partial charge in [-0.25, -0.2) is 0 Å². The van der Waals surface area contributed by atoms with Crippen molar-refractivity contribution in [2.45, 2.75) is 32.3 Å². The van der Waals surface area contributed by atoms with E-state index in [9.17, 15) is 5.11 Å². The maximum atomic E-state index is 9.31. The molecule has 0 radical (unpaired) electrons. The van der Waals surface area contributed by atoms with Crippen molar-refractivity contribution >= 4 is 0 Å². The number of aliphatic hydroxyl groups is 1. The lowest BCUT2D eigenvalue weighted by Crippen LogP contribution is -2.06. The topological polar surface area (TPSA) is 29.5 Å². The normalized spacial score (nSPS) is 14.9. The molecular weight excluding hydrogens is 176 g/mol. The van der Waals surface area contributed by atoms with E-state index in [2.05, 4.69) is 6.92 Å². The first-order valence-electron chi connectivity index (χ1n) is 4.96. The van der Waals surface area contributed by atoms with Crippen LogP contribution in [-0.4, -0.2) is 18.3 Å². The van der Waals surface area contributed by atoms with E-state index in [1.807, 2.05) is 31.2 Å². The summed E-state index contributed by atoms with van der Waals surface area (Å²) < 4.78 is 5.27. The van der Waals surface area contributed by atoms with Crippen LogP contribution in [0.3, 0.4) is 0 Å². The Morgan fingerprint density at radius 1 is 1.29 bits per heavy atom. The summed E-state index contributed by atoms with van der Waals surface area (Å²) in [5.74, 6) is 1.23. The Hall–Kier alpha value is -1.02. The Kier molecular flexibility index (Phi) is 3.96. The monoisotopic (exact) mass is 194 g/mol. The summed E-state index contributed by atoms with van der Waals surface area (Å²) in [6.07, 6.45) is 0.496. The average Bonchev–Trinajstić information content (AvgIpc) is 2.16. The van der Waals surface area contributed by atoms with Gasteiger partial charge in [-0.3, -0.25) is 0 Å². The first-order valence-corrected chi connectivity index (χ1v) is 4.96. The zero-order valence-corrected chi connectivity index (χ0v) is 9.03. The summed E-state index contributed by atoms with van der Waals surface area (Å²) in [7, 11) is 1.67. The molecule has 0 spiro atoms.